The van der Waals surface area contributed by atoms with E-state index in [9.17, 15) is 9.90 Å². The third-order valence-corrected chi connectivity index (χ3v) is 4.83. The van der Waals surface area contributed by atoms with Crippen LogP contribution in [0, 0.1) is 0 Å². The van der Waals surface area contributed by atoms with Gasteiger partial charge >= 0.3 is 0 Å². The molecule has 5 nitrogen and oxygen atoms in total. The van der Waals surface area contributed by atoms with Crippen LogP contribution in [0.3, 0.4) is 0 Å². The van der Waals surface area contributed by atoms with E-state index in [0.717, 1.165) is 44.7 Å². The smallest absolute Gasteiger partial charge is 0.253 e. The van der Waals surface area contributed by atoms with Crippen LogP contribution in [0.4, 0.5) is 0 Å². The summed E-state index contributed by atoms with van der Waals surface area (Å²) in [6.07, 6.45) is 4.58. The van der Waals surface area contributed by atoms with E-state index >= 15 is 0 Å². The Balaban J connectivity index is 1.53. The molecule has 2 heterocycles. The molecule has 0 spiro atoms. The fourth-order valence-electron chi connectivity index (χ4n) is 3.18. The lowest BCUT2D eigenvalue weighted by atomic mass is 10.1. The van der Waals surface area contributed by atoms with Crippen LogP contribution in [0.25, 0.3) is 0 Å². The number of hydrogen-bond acceptors (Lipinski definition) is 3. The molecule has 1 amide bonds. The summed E-state index contributed by atoms with van der Waals surface area (Å²) in [5.74, 6) is 0.100. The van der Waals surface area contributed by atoms with Crippen molar-refractivity contribution in [3.63, 3.8) is 0 Å². The average molecular weight is 341 g/mol. The Bertz CT molecular complexity index is 659. The van der Waals surface area contributed by atoms with Gasteiger partial charge in [0.15, 0.2) is 0 Å². The predicted octanol–water partition coefficient (Wildman–Crippen LogP) is 2.07. The van der Waals surface area contributed by atoms with E-state index in [2.05, 4.69) is 9.47 Å². The maximum Gasteiger partial charge on any atom is 0.253 e. The molecule has 1 fully saturated rings. The molecule has 1 aromatic heterocycles. The van der Waals surface area contributed by atoms with E-state index in [0.29, 0.717) is 6.54 Å². The number of hydrogen-bond donors (Lipinski definition) is 1. The van der Waals surface area contributed by atoms with E-state index in [-0.39, 0.29) is 12.0 Å². The first kappa shape index (κ1) is 17.7. The normalized spacial score (nSPS) is 16.8. The van der Waals surface area contributed by atoms with Crippen LogP contribution in [0.1, 0.15) is 29.3 Å². The molecule has 0 bridgehead atoms. The molecule has 1 aliphatic heterocycles. The molecule has 1 aliphatic rings. The van der Waals surface area contributed by atoms with Crippen LogP contribution in [-0.4, -0.2) is 64.2 Å². The first-order valence-electron chi connectivity index (χ1n) is 9.05. The van der Waals surface area contributed by atoms with Gasteiger partial charge in [0.25, 0.3) is 5.91 Å². The number of aliphatic hydroxyl groups is 1. The molecule has 0 radical (unpaired) electrons. The fraction of sp³-hybridized carbons (Fsp3) is 0.450. The summed E-state index contributed by atoms with van der Waals surface area (Å²) in [6, 6.07) is 11.9. The highest BCUT2D eigenvalue weighted by Gasteiger charge is 2.23. The van der Waals surface area contributed by atoms with Crippen molar-refractivity contribution in [2.24, 2.45) is 0 Å². The van der Waals surface area contributed by atoms with E-state index in [1.807, 2.05) is 60.6 Å². The summed E-state index contributed by atoms with van der Waals surface area (Å²) in [4.78, 5) is 16.8. The average Bonchev–Trinajstić information content (AvgIpc) is 3.15. The number of nitrogens with zero attached hydrogens (tertiary/aromatic N) is 3. The van der Waals surface area contributed by atoms with Crippen LogP contribution < -0.4 is 0 Å². The maximum absolute atomic E-state index is 12.7. The zero-order chi connectivity index (χ0) is 17.6. The third kappa shape index (κ3) is 4.71. The highest BCUT2D eigenvalue weighted by atomic mass is 16.3. The van der Waals surface area contributed by atoms with Crippen LogP contribution >= 0.6 is 0 Å². The number of carbonyl (C=O) groups is 1. The molecule has 0 saturated carbocycles. The van der Waals surface area contributed by atoms with E-state index in [4.69, 9.17) is 0 Å². The number of piperazine rings is 1. The van der Waals surface area contributed by atoms with Gasteiger partial charge in [-0.2, -0.15) is 0 Å². The van der Waals surface area contributed by atoms with Gasteiger partial charge in [0.1, 0.15) is 0 Å². The van der Waals surface area contributed by atoms with Gasteiger partial charge in [0.2, 0.25) is 0 Å². The van der Waals surface area contributed by atoms with Crippen LogP contribution in [0.2, 0.25) is 0 Å². The Kier molecular flexibility index (Phi) is 5.89. The van der Waals surface area contributed by atoms with Gasteiger partial charge in [-0.15, -0.1) is 0 Å². The molecular formula is C20H27N3O2. The van der Waals surface area contributed by atoms with Gasteiger partial charge in [0, 0.05) is 57.2 Å². The minimum Gasteiger partial charge on any atom is -0.392 e. The Hall–Kier alpha value is -2.11. The summed E-state index contributed by atoms with van der Waals surface area (Å²) < 4.78 is 2.11. The second kappa shape index (κ2) is 8.32. The summed E-state index contributed by atoms with van der Waals surface area (Å²) in [5.41, 5.74) is 1.93. The molecule has 134 valence electrons. The number of aromatic nitrogens is 1. The molecule has 0 aliphatic carbocycles. The third-order valence-electron chi connectivity index (χ3n) is 4.83. The standard InChI is InChI=1S/C20H27N3O2/c1-2-19(24)16-22-11-13-23(14-12-22)20(25)18-7-5-17(6-8-18)15-21-9-3-4-10-21/h3-10,19,24H,2,11-16H2,1H3/t19-/m1/s1. The Morgan fingerprint density at radius 3 is 2.32 bits per heavy atom. The molecule has 25 heavy (non-hydrogen) atoms. The topological polar surface area (TPSA) is 48.7 Å². The lowest BCUT2D eigenvalue weighted by Crippen LogP contribution is -2.50. The van der Waals surface area contributed by atoms with E-state index in [1.54, 1.807) is 0 Å². The first-order valence-corrected chi connectivity index (χ1v) is 9.05. The van der Waals surface area contributed by atoms with Crippen LogP contribution in [0.15, 0.2) is 48.8 Å². The van der Waals surface area contributed by atoms with E-state index < -0.39 is 0 Å². The van der Waals surface area contributed by atoms with Crippen molar-refractivity contribution in [1.29, 1.82) is 0 Å². The van der Waals surface area contributed by atoms with Crippen molar-refractivity contribution < 1.29 is 9.90 Å². The quantitative estimate of drug-likeness (QED) is 0.875. The molecule has 1 N–H and O–H groups in total. The summed E-state index contributed by atoms with van der Waals surface area (Å²) in [7, 11) is 0. The molecule has 0 unspecified atom stereocenters. The molecule has 2 aromatic rings. The number of carbonyl (C=O) groups excluding carboxylic acids is 1. The van der Waals surface area contributed by atoms with E-state index in [1.165, 1.54) is 5.56 Å². The Labute approximate surface area is 149 Å². The minimum absolute atomic E-state index is 0.100. The second-order valence-corrected chi connectivity index (χ2v) is 6.71. The van der Waals surface area contributed by atoms with Crippen LogP contribution in [0.5, 0.6) is 0 Å². The number of benzene rings is 1. The van der Waals surface area contributed by atoms with Crippen LogP contribution in [-0.2, 0) is 6.54 Å². The lowest BCUT2D eigenvalue weighted by Gasteiger charge is -2.35. The fourth-order valence-corrected chi connectivity index (χ4v) is 3.18. The number of amides is 1. The summed E-state index contributed by atoms with van der Waals surface area (Å²) in [6.45, 7) is 6.61. The highest BCUT2D eigenvalue weighted by Crippen LogP contribution is 2.12. The Morgan fingerprint density at radius 2 is 1.72 bits per heavy atom. The SMILES string of the molecule is CC[C@@H](O)CN1CCN(C(=O)c2ccc(Cn3cccc3)cc2)CC1. The molecule has 1 saturated heterocycles. The van der Waals surface area contributed by atoms with Crippen molar-refractivity contribution in [3.05, 3.63) is 59.9 Å². The lowest BCUT2D eigenvalue weighted by molar-refractivity contribution is 0.0524. The maximum atomic E-state index is 12.7. The Morgan fingerprint density at radius 1 is 1.08 bits per heavy atom. The van der Waals surface area contributed by atoms with Crippen molar-refractivity contribution in [2.45, 2.75) is 26.0 Å². The second-order valence-electron chi connectivity index (χ2n) is 6.71. The number of β-amino-alcohol motifs (C(OH)–C–C–N with tert-alkyl or cyclic N) is 1. The van der Waals surface area contributed by atoms with Gasteiger partial charge in [-0.25, -0.2) is 0 Å². The van der Waals surface area contributed by atoms with Gasteiger partial charge in [0.05, 0.1) is 6.10 Å². The highest BCUT2D eigenvalue weighted by molar-refractivity contribution is 5.94. The van der Waals surface area contributed by atoms with Gasteiger partial charge in [-0.05, 0) is 36.2 Å². The van der Waals surface area contributed by atoms with Crippen molar-refractivity contribution in [3.8, 4) is 0 Å². The van der Waals surface area contributed by atoms with Crippen molar-refractivity contribution in [2.75, 3.05) is 32.7 Å². The number of rotatable bonds is 6. The van der Waals surface area contributed by atoms with Gasteiger partial charge in [-0.1, -0.05) is 19.1 Å². The predicted molar refractivity (Wildman–Crippen MR) is 98.6 cm³/mol. The zero-order valence-corrected chi connectivity index (χ0v) is 14.8. The molecule has 1 aromatic carbocycles. The molecule has 5 heteroatoms. The van der Waals surface area contributed by atoms with Gasteiger partial charge in [-0.3, -0.25) is 9.69 Å². The van der Waals surface area contributed by atoms with Gasteiger partial charge < -0.3 is 14.6 Å². The molecule has 1 atom stereocenters. The molecular weight excluding hydrogens is 314 g/mol. The largest absolute Gasteiger partial charge is 0.392 e. The number of aliphatic hydroxyl groups excluding tert-OH is 1. The first-order chi connectivity index (χ1) is 12.2. The minimum atomic E-state index is -0.268. The molecule has 3 rings (SSSR count). The summed E-state index contributed by atoms with van der Waals surface area (Å²) >= 11 is 0. The van der Waals surface area contributed by atoms with Crippen molar-refractivity contribution in [1.82, 2.24) is 14.4 Å². The zero-order valence-electron chi connectivity index (χ0n) is 14.8. The summed E-state index contributed by atoms with van der Waals surface area (Å²) in [5, 5.41) is 9.76. The monoisotopic (exact) mass is 341 g/mol. The van der Waals surface area contributed by atoms with Crippen molar-refractivity contribution >= 4 is 5.91 Å².